The lowest BCUT2D eigenvalue weighted by Crippen LogP contribution is -2.22. The van der Waals surface area contributed by atoms with Crippen LogP contribution in [0.2, 0.25) is 0 Å². The van der Waals surface area contributed by atoms with Crippen LogP contribution in [0.25, 0.3) is 0 Å². The summed E-state index contributed by atoms with van der Waals surface area (Å²) in [6.07, 6.45) is -4.74. The van der Waals surface area contributed by atoms with Crippen LogP contribution in [0, 0.1) is 0 Å². The molecule has 140 valence electrons. The van der Waals surface area contributed by atoms with Gasteiger partial charge in [0.2, 0.25) is 0 Å². The Labute approximate surface area is 148 Å². The Hall–Kier alpha value is -3.10. The van der Waals surface area contributed by atoms with E-state index >= 15 is 0 Å². The standard InChI is InChI=1S/C17H18F3N3O3/c1-2-25-15-9-11(3-8-14(15)24)10-22-16(21)23-12-4-6-13(7-5-12)26-17(18,19)20/h3-9,24H,2,10H2,1H3,(H3,21,22,23). The molecule has 0 saturated heterocycles. The quantitative estimate of drug-likeness (QED) is 0.535. The lowest BCUT2D eigenvalue weighted by molar-refractivity contribution is -0.274. The highest BCUT2D eigenvalue weighted by Crippen LogP contribution is 2.27. The predicted octanol–water partition coefficient (Wildman–Crippen LogP) is 3.62. The van der Waals surface area contributed by atoms with Gasteiger partial charge in [0, 0.05) is 5.69 Å². The van der Waals surface area contributed by atoms with Crippen LogP contribution in [-0.2, 0) is 6.54 Å². The highest BCUT2D eigenvalue weighted by molar-refractivity contribution is 5.92. The van der Waals surface area contributed by atoms with Gasteiger partial charge < -0.3 is 25.6 Å². The Morgan fingerprint density at radius 3 is 2.50 bits per heavy atom. The van der Waals surface area contributed by atoms with Gasteiger partial charge in [-0.1, -0.05) is 6.07 Å². The minimum Gasteiger partial charge on any atom is -0.504 e. The van der Waals surface area contributed by atoms with Gasteiger partial charge in [0.25, 0.3) is 0 Å². The van der Waals surface area contributed by atoms with Crippen molar-refractivity contribution in [2.24, 2.45) is 10.7 Å². The number of guanidine groups is 1. The van der Waals surface area contributed by atoms with Crippen molar-refractivity contribution in [2.45, 2.75) is 19.8 Å². The molecule has 0 aromatic heterocycles. The second kappa shape index (κ2) is 8.32. The number of aromatic hydroxyl groups is 1. The second-order valence-electron chi connectivity index (χ2n) is 5.13. The maximum Gasteiger partial charge on any atom is 0.573 e. The molecule has 26 heavy (non-hydrogen) atoms. The molecule has 2 aromatic rings. The maximum atomic E-state index is 12.1. The van der Waals surface area contributed by atoms with Crippen molar-refractivity contribution in [3.05, 3.63) is 48.0 Å². The van der Waals surface area contributed by atoms with Crippen molar-refractivity contribution in [1.29, 1.82) is 0 Å². The largest absolute Gasteiger partial charge is 0.573 e. The normalized spacial score (nSPS) is 11.9. The summed E-state index contributed by atoms with van der Waals surface area (Å²) in [5.41, 5.74) is 7.00. The van der Waals surface area contributed by atoms with Crippen molar-refractivity contribution in [3.8, 4) is 17.2 Å². The zero-order chi connectivity index (χ0) is 19.2. The fourth-order valence-electron chi connectivity index (χ4n) is 2.03. The third-order valence-electron chi connectivity index (χ3n) is 3.12. The fourth-order valence-corrected chi connectivity index (χ4v) is 2.03. The first-order valence-corrected chi connectivity index (χ1v) is 7.64. The number of nitrogens with two attached hydrogens (primary N) is 1. The number of aliphatic imine (C=N–C) groups is 1. The number of phenolic OH excluding ortho intramolecular Hbond substituents is 1. The molecule has 0 radical (unpaired) electrons. The van der Waals surface area contributed by atoms with Gasteiger partial charge in [-0.05, 0) is 48.9 Å². The number of hydrogen-bond acceptors (Lipinski definition) is 4. The van der Waals surface area contributed by atoms with Crippen molar-refractivity contribution in [1.82, 2.24) is 0 Å². The molecule has 9 heteroatoms. The molecule has 0 saturated carbocycles. The van der Waals surface area contributed by atoms with E-state index in [4.69, 9.17) is 10.5 Å². The molecule has 0 spiro atoms. The Morgan fingerprint density at radius 1 is 1.19 bits per heavy atom. The molecule has 0 amide bonds. The van der Waals surface area contributed by atoms with Gasteiger partial charge in [0.15, 0.2) is 17.5 Å². The van der Waals surface area contributed by atoms with Crippen molar-refractivity contribution in [2.75, 3.05) is 11.9 Å². The minimum atomic E-state index is -4.74. The van der Waals surface area contributed by atoms with E-state index in [0.29, 0.717) is 18.0 Å². The number of hydrogen-bond donors (Lipinski definition) is 3. The molecular weight excluding hydrogens is 351 g/mol. The second-order valence-corrected chi connectivity index (χ2v) is 5.13. The number of nitrogens with zero attached hydrogens (tertiary/aromatic N) is 1. The van der Waals surface area contributed by atoms with E-state index in [2.05, 4.69) is 15.0 Å². The van der Waals surface area contributed by atoms with Crippen LogP contribution in [0.15, 0.2) is 47.5 Å². The summed E-state index contributed by atoms with van der Waals surface area (Å²) in [5.74, 6) is 0.144. The molecule has 0 atom stereocenters. The summed E-state index contributed by atoms with van der Waals surface area (Å²) in [4.78, 5) is 4.14. The molecule has 4 N–H and O–H groups in total. The number of anilines is 1. The summed E-state index contributed by atoms with van der Waals surface area (Å²) in [6.45, 7) is 2.45. The number of benzene rings is 2. The molecule has 0 bridgehead atoms. The number of ether oxygens (including phenoxy) is 2. The van der Waals surface area contributed by atoms with Crippen LogP contribution >= 0.6 is 0 Å². The number of phenols is 1. The fraction of sp³-hybridized carbons (Fsp3) is 0.235. The Balaban J connectivity index is 1.97. The molecule has 0 aliphatic carbocycles. The van der Waals surface area contributed by atoms with Crippen LogP contribution in [0.1, 0.15) is 12.5 Å². The van der Waals surface area contributed by atoms with E-state index < -0.39 is 6.36 Å². The van der Waals surface area contributed by atoms with Crippen LogP contribution < -0.4 is 20.5 Å². The van der Waals surface area contributed by atoms with Gasteiger partial charge in [-0.15, -0.1) is 13.2 Å². The highest BCUT2D eigenvalue weighted by Gasteiger charge is 2.30. The van der Waals surface area contributed by atoms with Crippen molar-refractivity contribution >= 4 is 11.6 Å². The molecule has 6 nitrogen and oxygen atoms in total. The first-order chi connectivity index (χ1) is 12.3. The van der Waals surface area contributed by atoms with E-state index in [1.807, 2.05) is 0 Å². The first-order valence-electron chi connectivity index (χ1n) is 7.64. The van der Waals surface area contributed by atoms with Crippen LogP contribution in [0.5, 0.6) is 17.2 Å². The summed E-state index contributed by atoms with van der Waals surface area (Å²) >= 11 is 0. The Morgan fingerprint density at radius 2 is 1.88 bits per heavy atom. The van der Waals surface area contributed by atoms with E-state index in [-0.39, 0.29) is 24.0 Å². The molecular formula is C17H18F3N3O3. The topological polar surface area (TPSA) is 89.1 Å². The first kappa shape index (κ1) is 19.2. The van der Waals surface area contributed by atoms with E-state index in [1.165, 1.54) is 18.2 Å². The van der Waals surface area contributed by atoms with E-state index in [9.17, 15) is 18.3 Å². The van der Waals surface area contributed by atoms with Crippen LogP contribution in [-0.4, -0.2) is 24.0 Å². The van der Waals surface area contributed by atoms with E-state index in [0.717, 1.165) is 17.7 Å². The van der Waals surface area contributed by atoms with Gasteiger partial charge in [-0.25, -0.2) is 4.99 Å². The molecule has 0 heterocycles. The summed E-state index contributed by atoms with van der Waals surface area (Å²) < 4.78 is 45.4. The van der Waals surface area contributed by atoms with Gasteiger partial charge in [0.1, 0.15) is 5.75 Å². The summed E-state index contributed by atoms with van der Waals surface area (Å²) in [6, 6.07) is 9.93. The molecule has 0 fully saturated rings. The van der Waals surface area contributed by atoms with Gasteiger partial charge in [0.05, 0.1) is 13.2 Å². The third kappa shape index (κ3) is 6.08. The SMILES string of the molecule is CCOc1cc(CN=C(N)Nc2ccc(OC(F)(F)F)cc2)ccc1O. The zero-order valence-corrected chi connectivity index (χ0v) is 13.9. The van der Waals surface area contributed by atoms with Gasteiger partial charge in [-0.2, -0.15) is 0 Å². The molecule has 0 aliphatic rings. The summed E-state index contributed by atoms with van der Waals surface area (Å²) in [5, 5.41) is 12.4. The predicted molar refractivity (Wildman–Crippen MR) is 91.3 cm³/mol. The monoisotopic (exact) mass is 369 g/mol. The van der Waals surface area contributed by atoms with Crippen molar-refractivity contribution < 1.29 is 27.8 Å². The smallest absolute Gasteiger partial charge is 0.504 e. The van der Waals surface area contributed by atoms with Crippen LogP contribution in [0.4, 0.5) is 18.9 Å². The van der Waals surface area contributed by atoms with Crippen molar-refractivity contribution in [3.63, 3.8) is 0 Å². The lowest BCUT2D eigenvalue weighted by Gasteiger charge is -2.10. The Bertz CT molecular complexity index is 762. The number of nitrogens with one attached hydrogen (secondary N) is 1. The molecule has 2 rings (SSSR count). The average Bonchev–Trinajstić information content (AvgIpc) is 2.56. The van der Waals surface area contributed by atoms with Gasteiger partial charge >= 0.3 is 6.36 Å². The minimum absolute atomic E-state index is 0.0341. The lowest BCUT2D eigenvalue weighted by atomic mass is 10.2. The average molecular weight is 369 g/mol. The van der Waals surface area contributed by atoms with Gasteiger partial charge in [-0.3, -0.25) is 0 Å². The maximum absolute atomic E-state index is 12.1. The zero-order valence-electron chi connectivity index (χ0n) is 13.9. The number of halogens is 3. The highest BCUT2D eigenvalue weighted by atomic mass is 19.4. The number of alkyl halides is 3. The van der Waals surface area contributed by atoms with E-state index in [1.54, 1.807) is 19.1 Å². The third-order valence-corrected chi connectivity index (χ3v) is 3.12. The molecule has 0 unspecified atom stereocenters. The van der Waals surface area contributed by atoms with Crippen LogP contribution in [0.3, 0.4) is 0 Å². The Kier molecular flexibility index (Phi) is 6.16. The molecule has 0 aliphatic heterocycles. The molecule has 2 aromatic carbocycles. The summed E-state index contributed by atoms with van der Waals surface area (Å²) in [7, 11) is 0. The number of rotatable bonds is 6.